The monoisotopic (exact) mass is 129 g/mol. The van der Waals surface area contributed by atoms with Crippen LogP contribution in [-0.4, -0.2) is 26.2 Å². The Morgan fingerprint density at radius 1 is 1.22 bits per heavy atom. The van der Waals surface area contributed by atoms with Crippen LogP contribution in [0.3, 0.4) is 0 Å². The zero-order chi connectivity index (χ0) is 6.95. The summed E-state index contributed by atoms with van der Waals surface area (Å²) < 4.78 is 0. The maximum absolute atomic E-state index is 6.75. The molecule has 1 rings (SSSR count). The molecule has 5 heteroatoms. The van der Waals surface area contributed by atoms with Gasteiger partial charge in [-0.15, -0.1) is 0 Å². The Morgan fingerprint density at radius 2 is 1.67 bits per heavy atom. The van der Waals surface area contributed by atoms with E-state index in [0.29, 0.717) is 0 Å². The van der Waals surface area contributed by atoms with Crippen molar-refractivity contribution < 1.29 is 5.32 Å². The second-order valence-electron chi connectivity index (χ2n) is 1.71. The molecule has 1 aliphatic rings. The fourth-order valence-electron chi connectivity index (χ4n) is 0.678. The molecule has 9 heavy (non-hydrogen) atoms. The van der Waals surface area contributed by atoms with Crippen LogP contribution >= 0.6 is 0 Å². The topological polar surface area (TPSA) is 87.3 Å². The fourth-order valence-corrected chi connectivity index (χ4v) is 0.678. The molecule has 0 aromatic carbocycles. The summed E-state index contributed by atoms with van der Waals surface area (Å²) in [5.74, 6) is 0. The highest BCUT2D eigenvalue weighted by Crippen LogP contribution is 1.54. The first-order chi connectivity index (χ1) is 4.41. The highest BCUT2D eigenvalue weighted by molar-refractivity contribution is 4.44. The van der Waals surface area contributed by atoms with Crippen LogP contribution in [0.5, 0.6) is 0 Å². The van der Waals surface area contributed by atoms with Crippen LogP contribution in [0.1, 0.15) is 0 Å². The molecule has 0 atom stereocenters. The predicted molar refractivity (Wildman–Crippen MR) is 34.6 cm³/mol. The lowest BCUT2D eigenvalue weighted by Gasteiger charge is -2.07. The molecule has 5 nitrogen and oxygen atoms in total. The molecule has 1 fully saturated rings. The number of piperazine rings is 1. The smallest absolute Gasteiger partial charge is 0.0882 e. The summed E-state index contributed by atoms with van der Waals surface area (Å²) in [5.41, 5.74) is 13.5. The van der Waals surface area contributed by atoms with Crippen molar-refractivity contribution in [1.82, 2.24) is 5.32 Å². The van der Waals surface area contributed by atoms with Gasteiger partial charge in [0.05, 0.1) is 13.1 Å². The van der Waals surface area contributed by atoms with E-state index in [4.69, 9.17) is 11.1 Å². The zero-order valence-corrected chi connectivity index (χ0v) is 5.25. The van der Waals surface area contributed by atoms with Gasteiger partial charge >= 0.3 is 0 Å². The number of rotatable bonds is 0. The van der Waals surface area contributed by atoms with Gasteiger partial charge in [-0.25, -0.2) is 0 Å². The van der Waals surface area contributed by atoms with Crippen LogP contribution < -0.4 is 10.6 Å². The number of hydrogen-bond acceptors (Lipinski definition) is 1. The minimum Gasteiger partial charge on any atom is -0.373 e. The average Bonchev–Trinajstić information content (AvgIpc) is 1.93. The van der Waals surface area contributed by atoms with E-state index in [1.165, 1.54) is 31.1 Å². The van der Waals surface area contributed by atoms with Gasteiger partial charge < -0.3 is 21.7 Å². The molecule has 0 bridgehead atoms. The van der Waals surface area contributed by atoms with E-state index in [-0.39, 0.29) is 0 Å². The highest BCUT2D eigenvalue weighted by Gasteiger charge is 1.95. The molecule has 1 saturated heterocycles. The Balaban J connectivity index is 0.000000187. The molecule has 0 aliphatic carbocycles. The molecular weight excluding hydrogens is 118 g/mol. The minimum atomic E-state index is 1.19. The van der Waals surface area contributed by atoms with E-state index in [0.717, 1.165) is 0 Å². The minimum absolute atomic E-state index is 1.19. The van der Waals surface area contributed by atoms with Crippen LogP contribution in [0, 0.1) is 0 Å². The van der Waals surface area contributed by atoms with E-state index in [1.54, 1.807) is 0 Å². The van der Waals surface area contributed by atoms with Gasteiger partial charge in [0.15, 0.2) is 0 Å². The highest BCUT2D eigenvalue weighted by atomic mass is 15.0. The average molecular weight is 129 g/mol. The summed E-state index contributed by atoms with van der Waals surface area (Å²) in [7, 11) is 0. The van der Waals surface area contributed by atoms with Crippen molar-refractivity contribution in [1.29, 1.82) is 0 Å². The third-order valence-electron chi connectivity index (χ3n) is 1.05. The number of nitrogens with zero attached hydrogens (tertiary/aromatic N) is 3. The van der Waals surface area contributed by atoms with E-state index in [9.17, 15) is 0 Å². The molecule has 0 saturated carbocycles. The summed E-state index contributed by atoms with van der Waals surface area (Å²) >= 11 is 0. The Bertz CT molecular complexity index is 69.4. The summed E-state index contributed by atoms with van der Waals surface area (Å²) in [6, 6.07) is 0. The first-order valence-electron chi connectivity index (χ1n) is 2.92. The zero-order valence-electron chi connectivity index (χ0n) is 5.25. The summed E-state index contributed by atoms with van der Waals surface area (Å²) in [6.45, 7) is 4.92. The van der Waals surface area contributed by atoms with Crippen LogP contribution in [-0.2, 0) is 0 Å². The number of hydrogen-bond donors (Lipinski definition) is 2. The van der Waals surface area contributed by atoms with Crippen molar-refractivity contribution in [2.24, 2.45) is 0 Å². The second kappa shape index (κ2) is 7.23. The van der Waals surface area contributed by atoms with Gasteiger partial charge in [-0.05, 0) is 0 Å². The molecule has 0 unspecified atom stereocenters. The lowest BCUT2D eigenvalue weighted by molar-refractivity contribution is -0.657. The van der Waals surface area contributed by atoms with Gasteiger partial charge in [0, 0.05) is 13.1 Å². The quantitative estimate of drug-likeness (QED) is 0.246. The van der Waals surface area contributed by atoms with Crippen molar-refractivity contribution in [2.75, 3.05) is 26.2 Å². The van der Waals surface area contributed by atoms with E-state index < -0.39 is 0 Å². The standard InChI is InChI=1S/C4H10N2.N3/c1-2-6-4-3-5-1;1-3-2/h5-6H,1-4H2;/q;-1/p+1. The van der Waals surface area contributed by atoms with Crippen LogP contribution in [0.4, 0.5) is 0 Å². The molecule has 52 valence electrons. The Hall–Kier alpha value is -0.770. The molecule has 3 N–H and O–H groups in total. The lowest BCUT2D eigenvalue weighted by atomic mass is 10.4. The molecule has 0 spiro atoms. The summed E-state index contributed by atoms with van der Waals surface area (Å²) in [6.07, 6.45) is 0. The normalized spacial score (nSPS) is 16.9. The lowest BCUT2D eigenvalue weighted by Crippen LogP contribution is -2.89. The SMILES string of the molecule is C1C[NH2+]CCN1.[N-]=[N+]=[N-]. The van der Waals surface area contributed by atoms with Gasteiger partial charge in [-0.3, -0.25) is 4.91 Å². The number of nitrogens with two attached hydrogens (primary N) is 1. The Labute approximate surface area is 53.9 Å². The van der Waals surface area contributed by atoms with Crippen molar-refractivity contribution in [2.45, 2.75) is 0 Å². The van der Waals surface area contributed by atoms with Gasteiger partial charge in [0.25, 0.3) is 0 Å². The van der Waals surface area contributed by atoms with Crippen molar-refractivity contribution in [3.8, 4) is 0 Å². The molecule has 0 aromatic heterocycles. The third kappa shape index (κ3) is 7.23. The Kier molecular flexibility index (Phi) is 6.61. The van der Waals surface area contributed by atoms with Gasteiger partial charge in [0.1, 0.15) is 0 Å². The van der Waals surface area contributed by atoms with Crippen LogP contribution in [0.15, 0.2) is 0 Å². The molecule has 0 amide bonds. The first kappa shape index (κ1) is 8.23. The molecular formula is C4H11N5. The maximum Gasteiger partial charge on any atom is 0.0882 e. The molecule has 1 aliphatic heterocycles. The van der Waals surface area contributed by atoms with E-state index in [1.807, 2.05) is 0 Å². The number of nitrogens with one attached hydrogen (secondary N) is 1. The van der Waals surface area contributed by atoms with Crippen molar-refractivity contribution in [3.63, 3.8) is 0 Å². The van der Waals surface area contributed by atoms with E-state index >= 15 is 0 Å². The van der Waals surface area contributed by atoms with Crippen LogP contribution in [0.25, 0.3) is 16.0 Å². The van der Waals surface area contributed by atoms with Gasteiger partial charge in [-0.2, -0.15) is 0 Å². The molecule has 1 heterocycles. The summed E-state index contributed by atoms with van der Waals surface area (Å²) in [5, 5.41) is 5.58. The maximum atomic E-state index is 6.75. The van der Waals surface area contributed by atoms with Crippen LogP contribution in [0.2, 0.25) is 0 Å². The number of quaternary nitrogens is 1. The van der Waals surface area contributed by atoms with Crippen molar-refractivity contribution >= 4 is 0 Å². The molecule has 0 radical (unpaired) electrons. The van der Waals surface area contributed by atoms with Gasteiger partial charge in [0.2, 0.25) is 0 Å². The fraction of sp³-hybridized carbons (Fsp3) is 1.00. The van der Waals surface area contributed by atoms with Gasteiger partial charge in [-0.1, -0.05) is 0 Å². The predicted octanol–water partition coefficient (Wildman–Crippen LogP) is -0.981. The first-order valence-corrected chi connectivity index (χ1v) is 2.92. The van der Waals surface area contributed by atoms with E-state index in [2.05, 4.69) is 10.6 Å². The van der Waals surface area contributed by atoms with Crippen molar-refractivity contribution in [3.05, 3.63) is 16.0 Å². The largest absolute Gasteiger partial charge is 0.373 e. The summed E-state index contributed by atoms with van der Waals surface area (Å²) in [4.78, 5) is 1.50. The third-order valence-corrected chi connectivity index (χ3v) is 1.05. The Morgan fingerprint density at radius 3 is 1.78 bits per heavy atom. The second-order valence-corrected chi connectivity index (χ2v) is 1.71. The molecule has 0 aromatic rings.